The maximum atomic E-state index is 4.62. The molecule has 2 rings (SSSR count). The Morgan fingerprint density at radius 2 is 2.17 bits per heavy atom. The highest BCUT2D eigenvalue weighted by atomic mass is 15.1. The molecular weight excluding hydrogens is 222 g/mol. The van der Waals surface area contributed by atoms with Crippen molar-refractivity contribution in [2.75, 3.05) is 6.54 Å². The number of aromatic nitrogens is 2. The van der Waals surface area contributed by atoms with Crippen LogP contribution in [-0.4, -0.2) is 16.1 Å². The first-order valence-corrected chi connectivity index (χ1v) is 7.34. The lowest BCUT2D eigenvalue weighted by molar-refractivity contribution is 0.387. The zero-order valence-corrected chi connectivity index (χ0v) is 12.2. The van der Waals surface area contributed by atoms with Crippen molar-refractivity contribution in [1.82, 2.24) is 14.9 Å². The highest BCUT2D eigenvalue weighted by molar-refractivity contribution is 5.11. The van der Waals surface area contributed by atoms with Gasteiger partial charge in [-0.15, -0.1) is 0 Å². The lowest BCUT2D eigenvalue weighted by Gasteiger charge is -2.21. The Morgan fingerprint density at radius 1 is 1.44 bits per heavy atom. The van der Waals surface area contributed by atoms with E-state index in [0.717, 1.165) is 25.4 Å². The molecule has 102 valence electrons. The second kappa shape index (κ2) is 5.43. The van der Waals surface area contributed by atoms with Gasteiger partial charge in [-0.1, -0.05) is 27.7 Å². The van der Waals surface area contributed by atoms with E-state index in [-0.39, 0.29) is 0 Å². The summed E-state index contributed by atoms with van der Waals surface area (Å²) in [5, 5.41) is 3.70. The minimum Gasteiger partial charge on any atom is -0.334 e. The van der Waals surface area contributed by atoms with Gasteiger partial charge in [0.25, 0.3) is 0 Å². The number of hydrogen-bond donors (Lipinski definition) is 1. The Hall–Kier alpha value is -0.830. The molecule has 0 amide bonds. The topological polar surface area (TPSA) is 29.9 Å². The molecule has 2 atom stereocenters. The van der Waals surface area contributed by atoms with Gasteiger partial charge in [0, 0.05) is 18.9 Å². The number of rotatable bonds is 7. The van der Waals surface area contributed by atoms with E-state index < -0.39 is 0 Å². The normalized spacial score (nSPS) is 23.0. The van der Waals surface area contributed by atoms with Crippen molar-refractivity contribution in [2.45, 2.75) is 59.5 Å². The van der Waals surface area contributed by atoms with Crippen LogP contribution in [-0.2, 0) is 6.54 Å². The summed E-state index contributed by atoms with van der Waals surface area (Å²) >= 11 is 0. The Balaban J connectivity index is 2.15. The first-order valence-electron chi connectivity index (χ1n) is 7.34. The van der Waals surface area contributed by atoms with Crippen LogP contribution in [0, 0.1) is 11.3 Å². The predicted molar refractivity (Wildman–Crippen MR) is 75.4 cm³/mol. The number of nitrogens with one attached hydrogen (secondary N) is 1. The van der Waals surface area contributed by atoms with E-state index >= 15 is 0 Å². The van der Waals surface area contributed by atoms with Crippen molar-refractivity contribution in [2.24, 2.45) is 11.3 Å². The highest BCUT2D eigenvalue weighted by Crippen LogP contribution is 2.57. The molecule has 1 heterocycles. The van der Waals surface area contributed by atoms with Gasteiger partial charge in [0.05, 0.1) is 6.04 Å². The summed E-state index contributed by atoms with van der Waals surface area (Å²) < 4.78 is 2.32. The third-order valence-corrected chi connectivity index (χ3v) is 4.10. The van der Waals surface area contributed by atoms with Crippen molar-refractivity contribution in [3.63, 3.8) is 0 Å². The smallest absolute Gasteiger partial charge is 0.126 e. The van der Waals surface area contributed by atoms with Gasteiger partial charge >= 0.3 is 0 Å². The molecule has 0 aliphatic heterocycles. The monoisotopic (exact) mass is 249 g/mol. The minimum absolute atomic E-state index is 0.432. The van der Waals surface area contributed by atoms with Gasteiger partial charge in [-0.3, -0.25) is 0 Å². The molecule has 2 unspecified atom stereocenters. The van der Waals surface area contributed by atoms with Crippen LogP contribution in [0.25, 0.3) is 0 Å². The van der Waals surface area contributed by atoms with Crippen molar-refractivity contribution in [1.29, 1.82) is 0 Å². The molecule has 0 radical (unpaired) electrons. The molecule has 3 heteroatoms. The molecule has 3 nitrogen and oxygen atoms in total. The second-order valence-corrected chi connectivity index (χ2v) is 6.21. The van der Waals surface area contributed by atoms with Crippen LogP contribution >= 0.6 is 0 Å². The maximum absolute atomic E-state index is 4.62. The number of imidazole rings is 1. The van der Waals surface area contributed by atoms with E-state index in [1.165, 1.54) is 18.7 Å². The molecule has 0 saturated heterocycles. The van der Waals surface area contributed by atoms with Crippen LogP contribution < -0.4 is 5.32 Å². The van der Waals surface area contributed by atoms with Crippen LogP contribution in [0.4, 0.5) is 0 Å². The van der Waals surface area contributed by atoms with E-state index in [9.17, 15) is 0 Å². The highest BCUT2D eigenvalue weighted by Gasteiger charge is 2.51. The summed E-state index contributed by atoms with van der Waals surface area (Å²) in [6.45, 7) is 11.3. The van der Waals surface area contributed by atoms with Crippen LogP contribution in [0.5, 0.6) is 0 Å². The molecule has 0 spiro atoms. The molecule has 1 fully saturated rings. The molecule has 1 saturated carbocycles. The Labute approximate surface area is 111 Å². The molecule has 1 N–H and O–H groups in total. The summed E-state index contributed by atoms with van der Waals surface area (Å²) in [5.74, 6) is 1.97. The summed E-state index contributed by atoms with van der Waals surface area (Å²) in [7, 11) is 0. The largest absolute Gasteiger partial charge is 0.334 e. The molecule has 1 aromatic heterocycles. The Kier molecular flexibility index (Phi) is 4.10. The standard InChI is InChI=1S/C15H27N3/c1-5-7-16-13(12-11-15(12,3)4)14-17-8-10-18(14)9-6-2/h8,10,12-13,16H,5-7,9,11H2,1-4H3. The van der Waals surface area contributed by atoms with Crippen LogP contribution in [0.2, 0.25) is 0 Å². The molecular formula is C15H27N3. The van der Waals surface area contributed by atoms with Crippen molar-refractivity contribution in [3.05, 3.63) is 18.2 Å². The van der Waals surface area contributed by atoms with Crippen LogP contribution in [0.3, 0.4) is 0 Å². The van der Waals surface area contributed by atoms with E-state index in [1.54, 1.807) is 0 Å². The Morgan fingerprint density at radius 3 is 2.72 bits per heavy atom. The number of hydrogen-bond acceptors (Lipinski definition) is 2. The zero-order valence-electron chi connectivity index (χ0n) is 12.2. The third kappa shape index (κ3) is 2.77. The van der Waals surface area contributed by atoms with Gasteiger partial charge in [0.1, 0.15) is 5.82 Å². The van der Waals surface area contributed by atoms with Gasteiger partial charge in [0.15, 0.2) is 0 Å². The van der Waals surface area contributed by atoms with Crippen molar-refractivity contribution in [3.8, 4) is 0 Å². The fourth-order valence-corrected chi connectivity index (χ4v) is 2.82. The predicted octanol–water partition coefficient (Wildman–Crippen LogP) is 3.38. The fraction of sp³-hybridized carbons (Fsp3) is 0.800. The number of nitrogens with zero attached hydrogens (tertiary/aromatic N) is 2. The summed E-state index contributed by atoms with van der Waals surface area (Å²) in [6.07, 6.45) is 7.72. The molecule has 1 aliphatic rings. The first-order chi connectivity index (χ1) is 8.60. The molecule has 0 bridgehead atoms. The molecule has 1 aliphatic carbocycles. The van der Waals surface area contributed by atoms with Crippen LogP contribution in [0.1, 0.15) is 58.8 Å². The summed E-state index contributed by atoms with van der Waals surface area (Å²) in [5.41, 5.74) is 0.481. The van der Waals surface area contributed by atoms with E-state index in [1.807, 2.05) is 6.20 Å². The van der Waals surface area contributed by atoms with Gasteiger partial charge in [-0.05, 0) is 37.1 Å². The molecule has 1 aromatic rings. The summed E-state index contributed by atoms with van der Waals surface area (Å²) in [6, 6.07) is 0.432. The average Bonchev–Trinajstić information content (AvgIpc) is 2.75. The van der Waals surface area contributed by atoms with Gasteiger partial charge in [0.2, 0.25) is 0 Å². The second-order valence-electron chi connectivity index (χ2n) is 6.21. The lowest BCUT2D eigenvalue weighted by atomic mass is 10.0. The lowest BCUT2D eigenvalue weighted by Crippen LogP contribution is -2.28. The minimum atomic E-state index is 0.432. The average molecular weight is 249 g/mol. The first kappa shape index (κ1) is 13.6. The molecule has 18 heavy (non-hydrogen) atoms. The Bertz CT molecular complexity index is 381. The van der Waals surface area contributed by atoms with E-state index in [2.05, 4.69) is 48.8 Å². The van der Waals surface area contributed by atoms with Gasteiger partial charge < -0.3 is 9.88 Å². The summed E-state index contributed by atoms with van der Waals surface area (Å²) in [4.78, 5) is 4.62. The van der Waals surface area contributed by atoms with Crippen molar-refractivity contribution < 1.29 is 0 Å². The van der Waals surface area contributed by atoms with Gasteiger partial charge in [-0.25, -0.2) is 4.98 Å². The molecule has 0 aromatic carbocycles. The zero-order chi connectivity index (χ0) is 13.2. The third-order valence-electron chi connectivity index (χ3n) is 4.10. The number of aryl methyl sites for hydroxylation is 1. The van der Waals surface area contributed by atoms with Gasteiger partial charge in [-0.2, -0.15) is 0 Å². The SMILES string of the molecule is CCCNC(c1nccn1CCC)C1CC1(C)C. The quantitative estimate of drug-likeness (QED) is 0.803. The van der Waals surface area contributed by atoms with Crippen LogP contribution in [0.15, 0.2) is 12.4 Å². The van der Waals surface area contributed by atoms with E-state index in [4.69, 9.17) is 0 Å². The maximum Gasteiger partial charge on any atom is 0.126 e. The fourth-order valence-electron chi connectivity index (χ4n) is 2.82. The van der Waals surface area contributed by atoms with E-state index in [0.29, 0.717) is 11.5 Å². The van der Waals surface area contributed by atoms with Crippen molar-refractivity contribution >= 4 is 0 Å².